The Bertz CT molecular complexity index is 676. The number of hydrogen-bond acceptors (Lipinski definition) is 4. The monoisotopic (exact) mass is 300 g/mol. The number of rotatable bonds is 4. The largest absolute Gasteiger partial charge is 0.398 e. The van der Waals surface area contributed by atoms with Crippen molar-refractivity contribution in [2.45, 2.75) is 26.4 Å². The predicted molar refractivity (Wildman–Crippen MR) is 86.1 cm³/mol. The van der Waals surface area contributed by atoms with E-state index in [9.17, 15) is 0 Å². The fourth-order valence-corrected chi connectivity index (χ4v) is 2.35. The summed E-state index contributed by atoms with van der Waals surface area (Å²) in [7, 11) is 0. The molecular weight excluding hydrogens is 284 g/mol. The molecule has 21 heavy (non-hydrogen) atoms. The minimum atomic E-state index is 0.170. The van der Waals surface area contributed by atoms with Crippen LogP contribution in [0, 0.1) is 11.3 Å². The summed E-state index contributed by atoms with van der Waals surface area (Å²) >= 11 is 6.30. The highest BCUT2D eigenvalue weighted by atomic mass is 35.5. The van der Waals surface area contributed by atoms with Gasteiger partial charge in [0, 0.05) is 24.5 Å². The van der Waals surface area contributed by atoms with E-state index in [1.54, 1.807) is 12.3 Å². The Morgan fingerprint density at radius 1 is 1.33 bits per heavy atom. The van der Waals surface area contributed by atoms with Crippen molar-refractivity contribution in [3.63, 3.8) is 0 Å². The lowest BCUT2D eigenvalue weighted by Crippen LogP contribution is -2.31. The van der Waals surface area contributed by atoms with Gasteiger partial charge in [0.1, 0.15) is 16.9 Å². The molecule has 0 saturated carbocycles. The van der Waals surface area contributed by atoms with Crippen LogP contribution in [0.5, 0.6) is 0 Å². The van der Waals surface area contributed by atoms with Crippen molar-refractivity contribution < 1.29 is 0 Å². The molecule has 0 atom stereocenters. The smallest absolute Gasteiger partial charge is 0.149 e. The first-order valence-electron chi connectivity index (χ1n) is 6.69. The van der Waals surface area contributed by atoms with Gasteiger partial charge in [-0.15, -0.1) is 0 Å². The van der Waals surface area contributed by atoms with E-state index < -0.39 is 0 Å². The molecule has 1 aromatic heterocycles. The fourth-order valence-electron chi connectivity index (χ4n) is 2.08. The Labute approximate surface area is 129 Å². The van der Waals surface area contributed by atoms with Gasteiger partial charge in [-0.05, 0) is 31.5 Å². The van der Waals surface area contributed by atoms with Crippen LogP contribution in [0.25, 0.3) is 0 Å². The van der Waals surface area contributed by atoms with Crippen LogP contribution in [-0.2, 0) is 6.54 Å². The third-order valence-corrected chi connectivity index (χ3v) is 3.66. The van der Waals surface area contributed by atoms with Gasteiger partial charge in [0.2, 0.25) is 0 Å². The topological polar surface area (TPSA) is 65.9 Å². The molecule has 2 aromatic rings. The minimum Gasteiger partial charge on any atom is -0.398 e. The zero-order valence-electron chi connectivity index (χ0n) is 12.0. The summed E-state index contributed by atoms with van der Waals surface area (Å²) in [6, 6.07) is 11.6. The minimum absolute atomic E-state index is 0.170. The van der Waals surface area contributed by atoms with Gasteiger partial charge in [-0.2, -0.15) is 5.26 Å². The van der Waals surface area contributed by atoms with Crippen molar-refractivity contribution >= 4 is 23.1 Å². The van der Waals surface area contributed by atoms with Gasteiger partial charge in [0.25, 0.3) is 0 Å². The van der Waals surface area contributed by atoms with Crippen molar-refractivity contribution in [1.29, 1.82) is 5.26 Å². The normalized spacial score (nSPS) is 10.4. The van der Waals surface area contributed by atoms with Gasteiger partial charge in [-0.25, -0.2) is 4.98 Å². The molecular formula is C16H17ClN4. The highest BCUT2D eigenvalue weighted by Crippen LogP contribution is 2.29. The summed E-state index contributed by atoms with van der Waals surface area (Å²) in [5, 5.41) is 9.47. The number of hydrogen-bond donors (Lipinski definition) is 1. The van der Waals surface area contributed by atoms with E-state index in [1.807, 2.05) is 29.2 Å². The van der Waals surface area contributed by atoms with Crippen molar-refractivity contribution in [1.82, 2.24) is 4.98 Å². The molecule has 4 nitrogen and oxygen atoms in total. The molecule has 0 spiro atoms. The van der Waals surface area contributed by atoms with Crippen LogP contribution in [0.15, 0.2) is 36.5 Å². The maximum Gasteiger partial charge on any atom is 0.149 e. The standard InChI is InChI=1S/C16H17ClN4/c1-11(2)21(10-13-5-3-4-6-14(13)19)16-15(17)12(9-18)7-8-20-16/h3-8,11H,10,19H2,1-2H3. The molecule has 0 radical (unpaired) electrons. The third-order valence-electron chi connectivity index (χ3n) is 3.28. The lowest BCUT2D eigenvalue weighted by molar-refractivity contribution is 0.673. The Balaban J connectivity index is 2.42. The Kier molecular flexibility index (Phi) is 4.66. The van der Waals surface area contributed by atoms with Gasteiger partial charge in [-0.1, -0.05) is 29.8 Å². The lowest BCUT2D eigenvalue weighted by atomic mass is 10.1. The number of nitrogens with two attached hydrogens (primary N) is 1. The molecule has 2 rings (SSSR count). The second-order valence-electron chi connectivity index (χ2n) is 5.03. The first kappa shape index (κ1) is 15.1. The SMILES string of the molecule is CC(C)N(Cc1ccccc1N)c1nccc(C#N)c1Cl. The van der Waals surface area contributed by atoms with Crippen LogP contribution < -0.4 is 10.6 Å². The quantitative estimate of drug-likeness (QED) is 0.876. The maximum atomic E-state index is 9.10. The highest BCUT2D eigenvalue weighted by molar-refractivity contribution is 6.34. The maximum absolute atomic E-state index is 9.10. The number of halogens is 1. The number of anilines is 2. The van der Waals surface area contributed by atoms with Crippen LogP contribution >= 0.6 is 11.6 Å². The molecule has 0 bridgehead atoms. The van der Waals surface area contributed by atoms with E-state index in [1.165, 1.54) is 0 Å². The van der Waals surface area contributed by atoms with E-state index in [0.29, 0.717) is 22.9 Å². The molecule has 108 valence electrons. The van der Waals surface area contributed by atoms with Crippen molar-refractivity contribution in [3.8, 4) is 6.07 Å². The second kappa shape index (κ2) is 6.47. The van der Waals surface area contributed by atoms with Crippen LogP contribution in [0.1, 0.15) is 25.0 Å². The molecule has 0 aliphatic heterocycles. The van der Waals surface area contributed by atoms with E-state index in [4.69, 9.17) is 22.6 Å². The summed E-state index contributed by atoms with van der Waals surface area (Å²) in [6.45, 7) is 4.69. The van der Waals surface area contributed by atoms with Crippen LogP contribution in [0.3, 0.4) is 0 Å². The molecule has 0 aliphatic carbocycles. The molecule has 1 heterocycles. The predicted octanol–water partition coefficient (Wildman–Crippen LogP) is 3.60. The number of aromatic nitrogens is 1. The van der Waals surface area contributed by atoms with Crippen molar-refractivity contribution in [3.05, 3.63) is 52.7 Å². The van der Waals surface area contributed by atoms with Crippen molar-refractivity contribution in [2.24, 2.45) is 0 Å². The number of pyridine rings is 1. The lowest BCUT2D eigenvalue weighted by Gasteiger charge is -2.29. The summed E-state index contributed by atoms with van der Waals surface area (Å²) < 4.78 is 0. The number of nitrogen functional groups attached to an aromatic ring is 1. The first-order chi connectivity index (χ1) is 10.0. The van der Waals surface area contributed by atoms with Gasteiger partial charge in [0.15, 0.2) is 0 Å². The average Bonchev–Trinajstić information content (AvgIpc) is 2.47. The number of benzene rings is 1. The molecule has 0 fully saturated rings. The number of nitrogens with zero attached hydrogens (tertiary/aromatic N) is 3. The highest BCUT2D eigenvalue weighted by Gasteiger charge is 2.18. The van der Waals surface area contributed by atoms with Gasteiger partial charge >= 0.3 is 0 Å². The molecule has 0 saturated heterocycles. The number of nitriles is 1. The third kappa shape index (κ3) is 3.26. The Morgan fingerprint density at radius 3 is 2.67 bits per heavy atom. The van der Waals surface area contributed by atoms with Gasteiger partial charge in [0.05, 0.1) is 5.56 Å². The Morgan fingerprint density at radius 2 is 2.05 bits per heavy atom. The van der Waals surface area contributed by atoms with Crippen LogP contribution in [0.2, 0.25) is 5.02 Å². The average molecular weight is 301 g/mol. The zero-order valence-corrected chi connectivity index (χ0v) is 12.8. The first-order valence-corrected chi connectivity index (χ1v) is 7.07. The molecule has 1 aromatic carbocycles. The molecule has 0 aliphatic rings. The molecule has 0 amide bonds. The number of para-hydroxylation sites is 1. The summed E-state index contributed by atoms with van der Waals surface area (Å²) in [6.07, 6.45) is 1.60. The zero-order chi connectivity index (χ0) is 15.4. The molecule has 2 N–H and O–H groups in total. The van der Waals surface area contributed by atoms with E-state index in [0.717, 1.165) is 11.3 Å². The summed E-state index contributed by atoms with van der Waals surface area (Å²) in [5.41, 5.74) is 8.17. The summed E-state index contributed by atoms with van der Waals surface area (Å²) in [4.78, 5) is 6.37. The van der Waals surface area contributed by atoms with Crippen molar-refractivity contribution in [2.75, 3.05) is 10.6 Å². The van der Waals surface area contributed by atoms with E-state index in [2.05, 4.69) is 24.9 Å². The molecule has 0 unspecified atom stereocenters. The fraction of sp³-hybridized carbons (Fsp3) is 0.250. The van der Waals surface area contributed by atoms with Crippen LogP contribution in [0.4, 0.5) is 11.5 Å². The molecule has 5 heteroatoms. The Hall–Kier alpha value is -2.25. The summed E-state index contributed by atoms with van der Waals surface area (Å²) in [5.74, 6) is 0.606. The van der Waals surface area contributed by atoms with Gasteiger partial charge < -0.3 is 10.6 Å². The van der Waals surface area contributed by atoms with E-state index >= 15 is 0 Å². The van der Waals surface area contributed by atoms with Gasteiger partial charge in [-0.3, -0.25) is 0 Å². The van der Waals surface area contributed by atoms with Crippen LogP contribution in [-0.4, -0.2) is 11.0 Å². The second-order valence-corrected chi connectivity index (χ2v) is 5.41. The van der Waals surface area contributed by atoms with E-state index in [-0.39, 0.29) is 6.04 Å².